The van der Waals surface area contributed by atoms with Gasteiger partial charge < -0.3 is 4.74 Å². The Balaban J connectivity index is 1.88. The van der Waals surface area contributed by atoms with Gasteiger partial charge in [0.05, 0.1) is 11.5 Å². The van der Waals surface area contributed by atoms with Gasteiger partial charge in [-0.2, -0.15) is 4.31 Å². The Morgan fingerprint density at radius 2 is 2.09 bits per heavy atom. The highest BCUT2D eigenvalue weighted by Gasteiger charge is 2.39. The van der Waals surface area contributed by atoms with Crippen molar-refractivity contribution in [1.29, 1.82) is 0 Å². The van der Waals surface area contributed by atoms with Crippen LogP contribution in [0.15, 0.2) is 29.2 Å². The molecule has 0 radical (unpaired) electrons. The first-order valence-corrected chi connectivity index (χ1v) is 9.13. The molecule has 0 spiro atoms. The van der Waals surface area contributed by atoms with E-state index in [1.807, 2.05) is 0 Å². The van der Waals surface area contributed by atoms with Gasteiger partial charge in [-0.15, -0.1) is 0 Å². The van der Waals surface area contributed by atoms with Gasteiger partial charge in [0, 0.05) is 24.8 Å². The summed E-state index contributed by atoms with van der Waals surface area (Å²) in [6.45, 7) is 3.30. The molecule has 3 rings (SSSR count). The molecule has 120 valence electrons. The smallest absolute Gasteiger partial charge is 0.243 e. The molecule has 1 saturated heterocycles. The molecule has 1 heterocycles. The Bertz CT molecular complexity index is 660. The number of carbonyl (C=O) groups is 1. The number of sulfonamides is 1. The summed E-state index contributed by atoms with van der Waals surface area (Å²) in [7, 11) is -3.56. The Kier molecular flexibility index (Phi) is 4.34. The van der Waals surface area contributed by atoms with Crippen LogP contribution in [0, 0.1) is 5.92 Å². The fraction of sp³-hybridized carbons (Fsp3) is 0.562. The number of Topliss-reactive ketones (excluding diaryl/α,β-unsaturated/α-hetero) is 1. The molecule has 1 atom stereocenters. The average molecular weight is 323 g/mol. The van der Waals surface area contributed by atoms with E-state index in [1.165, 1.54) is 13.0 Å². The van der Waals surface area contributed by atoms with E-state index >= 15 is 0 Å². The van der Waals surface area contributed by atoms with Gasteiger partial charge >= 0.3 is 0 Å². The van der Waals surface area contributed by atoms with Crippen LogP contribution in [0.2, 0.25) is 0 Å². The summed E-state index contributed by atoms with van der Waals surface area (Å²) in [4.78, 5) is 11.7. The number of hydrogen-bond donors (Lipinski definition) is 0. The number of ketones is 1. The van der Waals surface area contributed by atoms with Gasteiger partial charge in [-0.3, -0.25) is 4.79 Å². The molecule has 0 N–H and O–H groups in total. The zero-order chi connectivity index (χ0) is 15.7. The largest absolute Gasteiger partial charge is 0.381 e. The number of benzene rings is 1. The molecule has 1 aromatic rings. The standard InChI is InChI=1S/C16H21NO4S/c1-12(18)14-3-2-4-16(9-14)22(19,20)17(15-5-6-15)10-13-7-8-21-11-13/h2-4,9,13,15H,5-8,10-11H2,1H3. The molecule has 1 saturated carbocycles. The van der Waals surface area contributed by atoms with Gasteiger partial charge in [-0.1, -0.05) is 12.1 Å². The first-order chi connectivity index (χ1) is 10.5. The average Bonchev–Trinajstić information content (AvgIpc) is 3.20. The van der Waals surface area contributed by atoms with Crippen LogP contribution in [-0.4, -0.2) is 44.3 Å². The molecule has 6 heteroatoms. The summed E-state index contributed by atoms with van der Waals surface area (Å²) in [5.74, 6) is 0.144. The van der Waals surface area contributed by atoms with Crippen molar-refractivity contribution in [2.45, 2.75) is 37.1 Å². The van der Waals surface area contributed by atoms with Gasteiger partial charge in [-0.25, -0.2) is 8.42 Å². The minimum Gasteiger partial charge on any atom is -0.381 e. The third-order valence-electron chi connectivity index (χ3n) is 4.26. The Labute approximate surface area is 131 Å². The SMILES string of the molecule is CC(=O)c1cccc(S(=O)(=O)N(CC2CCOC2)C2CC2)c1. The van der Waals surface area contributed by atoms with Gasteiger partial charge in [0.25, 0.3) is 0 Å². The normalized spacial score (nSPS) is 22.2. The number of nitrogens with zero attached hydrogens (tertiary/aromatic N) is 1. The fourth-order valence-electron chi connectivity index (χ4n) is 2.80. The monoisotopic (exact) mass is 323 g/mol. The zero-order valence-corrected chi connectivity index (χ0v) is 13.5. The second kappa shape index (κ2) is 6.10. The lowest BCUT2D eigenvalue weighted by Gasteiger charge is -2.24. The predicted molar refractivity (Wildman–Crippen MR) is 82.3 cm³/mol. The Morgan fingerprint density at radius 1 is 1.32 bits per heavy atom. The van der Waals surface area contributed by atoms with Crippen LogP contribution in [0.5, 0.6) is 0 Å². The lowest BCUT2D eigenvalue weighted by molar-refractivity contribution is 0.101. The van der Waals surface area contributed by atoms with Crippen molar-refractivity contribution in [2.75, 3.05) is 19.8 Å². The van der Waals surface area contributed by atoms with Crippen LogP contribution in [0.3, 0.4) is 0 Å². The van der Waals surface area contributed by atoms with Crippen LogP contribution in [0.25, 0.3) is 0 Å². The number of ether oxygens (including phenoxy) is 1. The maximum Gasteiger partial charge on any atom is 0.243 e. The minimum absolute atomic E-state index is 0.103. The fourth-order valence-corrected chi connectivity index (χ4v) is 4.61. The molecule has 1 aliphatic carbocycles. The second-order valence-electron chi connectivity index (χ2n) is 6.12. The van der Waals surface area contributed by atoms with Crippen LogP contribution < -0.4 is 0 Å². The third kappa shape index (κ3) is 3.24. The molecule has 2 fully saturated rings. The summed E-state index contributed by atoms with van der Waals surface area (Å²) < 4.78 is 32.9. The van der Waals surface area contributed by atoms with Gasteiger partial charge in [0.2, 0.25) is 10.0 Å². The highest BCUT2D eigenvalue weighted by Crippen LogP contribution is 2.34. The molecule has 1 unspecified atom stereocenters. The topological polar surface area (TPSA) is 63.7 Å². The maximum atomic E-state index is 13.0. The quantitative estimate of drug-likeness (QED) is 0.752. The summed E-state index contributed by atoms with van der Waals surface area (Å²) in [6, 6.07) is 6.44. The highest BCUT2D eigenvalue weighted by molar-refractivity contribution is 7.89. The highest BCUT2D eigenvalue weighted by atomic mass is 32.2. The van der Waals surface area contributed by atoms with E-state index in [1.54, 1.807) is 22.5 Å². The van der Waals surface area contributed by atoms with Gasteiger partial charge in [-0.05, 0) is 44.2 Å². The number of carbonyl (C=O) groups excluding carboxylic acids is 1. The number of rotatable bonds is 6. The molecule has 0 aromatic heterocycles. The van der Waals surface area contributed by atoms with Crippen LogP contribution >= 0.6 is 0 Å². The summed E-state index contributed by atoms with van der Waals surface area (Å²) >= 11 is 0. The molecule has 5 nitrogen and oxygen atoms in total. The summed E-state index contributed by atoms with van der Waals surface area (Å²) in [5.41, 5.74) is 0.432. The molecular weight excluding hydrogens is 302 g/mol. The van der Waals surface area contributed by atoms with Gasteiger partial charge in [0.1, 0.15) is 0 Å². The van der Waals surface area contributed by atoms with Crippen molar-refractivity contribution in [2.24, 2.45) is 5.92 Å². The van der Waals surface area contributed by atoms with E-state index in [0.29, 0.717) is 25.3 Å². The molecule has 0 amide bonds. The first kappa shape index (κ1) is 15.6. The lowest BCUT2D eigenvalue weighted by atomic mass is 10.1. The Hall–Kier alpha value is -1.24. The summed E-state index contributed by atoms with van der Waals surface area (Å²) in [6.07, 6.45) is 2.74. The second-order valence-corrected chi connectivity index (χ2v) is 8.01. The van der Waals surface area contributed by atoms with Crippen molar-refractivity contribution >= 4 is 15.8 Å². The predicted octanol–water partition coefficient (Wildman–Crippen LogP) is 2.08. The summed E-state index contributed by atoms with van der Waals surface area (Å²) in [5, 5.41) is 0. The third-order valence-corrected chi connectivity index (χ3v) is 6.18. The van der Waals surface area contributed by atoms with Crippen LogP contribution in [0.1, 0.15) is 36.5 Å². The van der Waals surface area contributed by atoms with E-state index in [2.05, 4.69) is 0 Å². The van der Waals surface area contributed by atoms with E-state index in [0.717, 1.165) is 19.3 Å². The molecule has 0 bridgehead atoms. The van der Waals surface area contributed by atoms with Crippen molar-refractivity contribution in [1.82, 2.24) is 4.31 Å². The van der Waals surface area contributed by atoms with Crippen LogP contribution in [-0.2, 0) is 14.8 Å². The Morgan fingerprint density at radius 3 is 2.68 bits per heavy atom. The molecule has 1 aliphatic heterocycles. The first-order valence-electron chi connectivity index (χ1n) is 7.69. The van der Waals surface area contributed by atoms with Crippen LogP contribution in [0.4, 0.5) is 0 Å². The zero-order valence-electron chi connectivity index (χ0n) is 12.7. The van der Waals surface area contributed by atoms with Crippen molar-refractivity contribution in [3.05, 3.63) is 29.8 Å². The van der Waals surface area contributed by atoms with E-state index in [9.17, 15) is 13.2 Å². The number of hydrogen-bond acceptors (Lipinski definition) is 4. The van der Waals surface area contributed by atoms with E-state index < -0.39 is 10.0 Å². The van der Waals surface area contributed by atoms with Crippen molar-refractivity contribution in [3.8, 4) is 0 Å². The molecule has 22 heavy (non-hydrogen) atoms. The van der Waals surface area contributed by atoms with Gasteiger partial charge in [0.15, 0.2) is 5.78 Å². The lowest BCUT2D eigenvalue weighted by Crippen LogP contribution is -2.37. The maximum absolute atomic E-state index is 13.0. The van der Waals surface area contributed by atoms with E-state index in [4.69, 9.17) is 4.74 Å². The van der Waals surface area contributed by atoms with Crippen molar-refractivity contribution < 1.29 is 17.9 Å². The van der Waals surface area contributed by atoms with E-state index in [-0.39, 0.29) is 22.6 Å². The molecule has 1 aromatic carbocycles. The van der Waals surface area contributed by atoms with Crippen molar-refractivity contribution in [3.63, 3.8) is 0 Å². The minimum atomic E-state index is -3.56. The molecule has 2 aliphatic rings. The molecular formula is C16H21NO4S.